The number of benzene rings is 1. The molecule has 0 radical (unpaired) electrons. The van der Waals surface area contributed by atoms with Crippen molar-refractivity contribution in [3.8, 4) is 11.8 Å². The first-order valence-electron chi connectivity index (χ1n) is 4.81. The normalized spacial score (nSPS) is 12.8. The molecule has 1 rings (SSSR count). The van der Waals surface area contributed by atoms with Crippen LogP contribution in [0, 0.1) is 11.3 Å². The van der Waals surface area contributed by atoms with Gasteiger partial charge < -0.3 is 4.74 Å². The van der Waals surface area contributed by atoms with Crippen LogP contribution < -0.4 is 9.46 Å². The number of rotatable bonds is 5. The van der Waals surface area contributed by atoms with Crippen LogP contribution in [0.25, 0.3) is 0 Å². The van der Waals surface area contributed by atoms with Gasteiger partial charge in [0.15, 0.2) is 5.25 Å². The highest BCUT2D eigenvalue weighted by atomic mass is 32.2. The first-order valence-corrected chi connectivity index (χ1v) is 6.36. The van der Waals surface area contributed by atoms with E-state index in [0.29, 0.717) is 0 Å². The number of hydrogen-bond acceptors (Lipinski definition) is 4. The molecule has 18 heavy (non-hydrogen) atoms. The zero-order valence-electron chi connectivity index (χ0n) is 9.30. The quantitative estimate of drug-likeness (QED) is 0.891. The number of nitriles is 1. The van der Waals surface area contributed by atoms with Crippen molar-refractivity contribution in [1.82, 2.24) is 0 Å². The molecule has 0 heterocycles. The number of nitrogens with one attached hydrogen (secondary N) is 1. The summed E-state index contributed by atoms with van der Waals surface area (Å²) in [5, 5.41) is 7.31. The molecule has 0 saturated heterocycles. The molecular formula is C10H10F2N2O3S. The Hall–Kier alpha value is -1.88. The molecule has 0 aliphatic carbocycles. The van der Waals surface area contributed by atoms with Crippen LogP contribution in [-0.2, 0) is 10.0 Å². The zero-order chi connectivity index (χ0) is 13.8. The summed E-state index contributed by atoms with van der Waals surface area (Å²) in [6.45, 7) is -1.71. The second-order valence-corrected chi connectivity index (χ2v) is 5.32. The van der Waals surface area contributed by atoms with Crippen molar-refractivity contribution >= 4 is 15.7 Å². The molecule has 8 heteroatoms. The van der Waals surface area contributed by atoms with E-state index >= 15 is 0 Å². The van der Waals surface area contributed by atoms with Crippen molar-refractivity contribution in [3.05, 3.63) is 24.3 Å². The Morgan fingerprint density at radius 2 is 1.89 bits per heavy atom. The van der Waals surface area contributed by atoms with Gasteiger partial charge >= 0.3 is 6.61 Å². The summed E-state index contributed by atoms with van der Waals surface area (Å²) in [5.74, 6) is -0.0821. The first kappa shape index (κ1) is 14.2. The standard InChI is InChI=1S/C10H10F2N2O3S/c1-7(6-13)18(15,16)14-8-2-4-9(5-3-8)17-10(11)12/h2-5,7,10,14H,1H3. The van der Waals surface area contributed by atoms with Crippen LogP contribution >= 0.6 is 0 Å². The topological polar surface area (TPSA) is 79.2 Å². The van der Waals surface area contributed by atoms with E-state index in [0.717, 1.165) is 0 Å². The summed E-state index contributed by atoms with van der Waals surface area (Å²) < 4.78 is 53.0. The van der Waals surface area contributed by atoms with E-state index in [1.807, 2.05) is 0 Å². The Morgan fingerprint density at radius 1 is 1.33 bits per heavy atom. The minimum Gasteiger partial charge on any atom is -0.435 e. The van der Waals surface area contributed by atoms with E-state index in [4.69, 9.17) is 5.26 Å². The number of alkyl halides is 2. The van der Waals surface area contributed by atoms with Crippen LogP contribution in [0.4, 0.5) is 14.5 Å². The highest BCUT2D eigenvalue weighted by Crippen LogP contribution is 2.19. The van der Waals surface area contributed by atoms with Crippen molar-refractivity contribution in [1.29, 1.82) is 5.26 Å². The second-order valence-electron chi connectivity index (χ2n) is 3.32. The van der Waals surface area contributed by atoms with Gasteiger partial charge in [0.05, 0.1) is 6.07 Å². The van der Waals surface area contributed by atoms with Crippen molar-refractivity contribution in [2.45, 2.75) is 18.8 Å². The maximum atomic E-state index is 11.9. The molecule has 5 nitrogen and oxygen atoms in total. The highest BCUT2D eigenvalue weighted by molar-refractivity contribution is 7.93. The van der Waals surface area contributed by atoms with Crippen molar-refractivity contribution in [2.24, 2.45) is 0 Å². The third kappa shape index (κ3) is 3.85. The molecule has 0 amide bonds. The predicted octanol–water partition coefficient (Wildman–Crippen LogP) is 1.94. The van der Waals surface area contributed by atoms with Gasteiger partial charge in [0.2, 0.25) is 10.0 Å². The molecule has 1 aromatic carbocycles. The van der Waals surface area contributed by atoms with Crippen LogP contribution in [0.2, 0.25) is 0 Å². The lowest BCUT2D eigenvalue weighted by molar-refractivity contribution is -0.0498. The molecule has 0 aliphatic rings. The fourth-order valence-electron chi connectivity index (χ4n) is 1.03. The number of nitrogens with zero attached hydrogens (tertiary/aromatic N) is 1. The molecule has 0 aliphatic heterocycles. The fourth-order valence-corrected chi connectivity index (χ4v) is 1.81. The molecule has 1 N–H and O–H groups in total. The zero-order valence-corrected chi connectivity index (χ0v) is 10.1. The number of halogens is 2. The van der Waals surface area contributed by atoms with Crippen LogP contribution in [-0.4, -0.2) is 20.3 Å². The fraction of sp³-hybridized carbons (Fsp3) is 0.300. The summed E-state index contributed by atoms with van der Waals surface area (Å²) in [5.41, 5.74) is 0.165. The lowest BCUT2D eigenvalue weighted by Gasteiger charge is -2.10. The molecule has 1 aromatic rings. The second kappa shape index (κ2) is 5.64. The van der Waals surface area contributed by atoms with Crippen molar-refractivity contribution in [3.63, 3.8) is 0 Å². The van der Waals surface area contributed by atoms with Gasteiger partial charge in [-0.15, -0.1) is 0 Å². The number of sulfonamides is 1. The van der Waals surface area contributed by atoms with Gasteiger partial charge in [0.1, 0.15) is 5.75 Å². The molecule has 0 saturated carbocycles. The van der Waals surface area contributed by atoms with Gasteiger partial charge in [-0.05, 0) is 31.2 Å². The minimum absolute atomic E-state index is 0.0821. The Kier molecular flexibility index (Phi) is 4.44. The molecule has 0 aromatic heterocycles. The van der Waals surface area contributed by atoms with E-state index in [1.54, 1.807) is 6.07 Å². The van der Waals surface area contributed by atoms with Gasteiger partial charge in [-0.1, -0.05) is 0 Å². The van der Waals surface area contributed by atoms with Gasteiger partial charge in [0, 0.05) is 5.69 Å². The Labute approximate surface area is 103 Å². The molecule has 98 valence electrons. The third-order valence-corrected chi connectivity index (χ3v) is 3.54. The van der Waals surface area contributed by atoms with Crippen LogP contribution in [0.1, 0.15) is 6.92 Å². The molecule has 0 spiro atoms. The smallest absolute Gasteiger partial charge is 0.387 e. The van der Waals surface area contributed by atoms with E-state index in [-0.39, 0.29) is 11.4 Å². The van der Waals surface area contributed by atoms with Crippen LogP contribution in [0.5, 0.6) is 5.75 Å². The number of ether oxygens (including phenoxy) is 1. The van der Waals surface area contributed by atoms with Gasteiger partial charge in [0.25, 0.3) is 0 Å². The largest absolute Gasteiger partial charge is 0.435 e. The Bertz CT molecular complexity index is 537. The monoisotopic (exact) mass is 276 g/mol. The predicted molar refractivity (Wildman–Crippen MR) is 60.7 cm³/mol. The van der Waals surface area contributed by atoms with Gasteiger partial charge in [-0.25, -0.2) is 8.42 Å². The minimum atomic E-state index is -3.80. The average Bonchev–Trinajstić information content (AvgIpc) is 2.29. The molecule has 1 unspecified atom stereocenters. The van der Waals surface area contributed by atoms with Crippen molar-refractivity contribution in [2.75, 3.05) is 4.72 Å². The highest BCUT2D eigenvalue weighted by Gasteiger charge is 2.19. The lowest BCUT2D eigenvalue weighted by Crippen LogP contribution is -2.23. The molecular weight excluding hydrogens is 266 g/mol. The SMILES string of the molecule is CC(C#N)S(=O)(=O)Nc1ccc(OC(F)F)cc1. The maximum Gasteiger partial charge on any atom is 0.387 e. The Balaban J connectivity index is 2.79. The maximum absolute atomic E-state index is 11.9. The molecule has 0 fully saturated rings. The summed E-state index contributed by atoms with van der Waals surface area (Å²) in [4.78, 5) is 0. The van der Waals surface area contributed by atoms with Gasteiger partial charge in [-0.2, -0.15) is 14.0 Å². The van der Waals surface area contributed by atoms with Crippen LogP contribution in [0.15, 0.2) is 24.3 Å². The molecule has 0 bridgehead atoms. The van der Waals surface area contributed by atoms with Gasteiger partial charge in [-0.3, -0.25) is 4.72 Å². The molecule has 1 atom stereocenters. The first-order chi connectivity index (χ1) is 8.35. The summed E-state index contributed by atoms with van der Waals surface area (Å²) in [6, 6.07) is 6.51. The average molecular weight is 276 g/mol. The van der Waals surface area contributed by atoms with E-state index in [1.165, 1.54) is 31.2 Å². The van der Waals surface area contributed by atoms with Crippen molar-refractivity contribution < 1.29 is 21.9 Å². The van der Waals surface area contributed by atoms with E-state index < -0.39 is 21.9 Å². The number of hydrogen-bond donors (Lipinski definition) is 1. The summed E-state index contributed by atoms with van der Waals surface area (Å²) in [7, 11) is -3.80. The van der Waals surface area contributed by atoms with E-state index in [9.17, 15) is 17.2 Å². The summed E-state index contributed by atoms with van der Waals surface area (Å²) >= 11 is 0. The third-order valence-electron chi connectivity index (χ3n) is 1.99. The lowest BCUT2D eigenvalue weighted by atomic mass is 10.3. The van der Waals surface area contributed by atoms with E-state index in [2.05, 4.69) is 9.46 Å². The summed E-state index contributed by atoms with van der Waals surface area (Å²) in [6.07, 6.45) is 0. The van der Waals surface area contributed by atoms with Crippen LogP contribution in [0.3, 0.4) is 0 Å². The Morgan fingerprint density at radius 3 is 2.33 bits per heavy atom. The number of anilines is 1.